The fraction of sp³-hybridized carbons (Fsp3) is 0.148. The highest BCUT2D eigenvalue weighted by atomic mass is 19.4. The number of amides is 1. The molecular formula is C27H21F3N6O2. The van der Waals surface area contributed by atoms with E-state index in [1.54, 1.807) is 41.9 Å². The Labute approximate surface area is 215 Å². The number of carbonyl (C=O) groups is 1. The quantitative estimate of drug-likeness (QED) is 0.263. The number of halogens is 3. The van der Waals surface area contributed by atoms with Crippen molar-refractivity contribution in [2.45, 2.75) is 26.1 Å². The van der Waals surface area contributed by atoms with Gasteiger partial charge in [0.1, 0.15) is 5.69 Å². The van der Waals surface area contributed by atoms with Crippen LogP contribution in [-0.2, 0) is 6.18 Å². The number of hydrogen-bond acceptors (Lipinski definition) is 5. The summed E-state index contributed by atoms with van der Waals surface area (Å²) in [6.45, 7) is 3.55. The molecule has 0 aliphatic heterocycles. The van der Waals surface area contributed by atoms with Crippen molar-refractivity contribution in [3.63, 3.8) is 0 Å². The van der Waals surface area contributed by atoms with Gasteiger partial charge in [0.15, 0.2) is 17.7 Å². The van der Waals surface area contributed by atoms with Crippen LogP contribution in [0, 0.1) is 12.1 Å². The number of carbonyl (C=O) groups excluding carboxylic acids is 1. The van der Waals surface area contributed by atoms with Gasteiger partial charge in [-0.15, -0.1) is 10.2 Å². The van der Waals surface area contributed by atoms with Crippen LogP contribution in [0.15, 0.2) is 79.3 Å². The number of hydrogen-bond donors (Lipinski definition) is 1. The highest BCUT2D eigenvalue weighted by Gasteiger charge is 2.39. The van der Waals surface area contributed by atoms with E-state index in [2.05, 4.69) is 20.5 Å². The second kappa shape index (κ2) is 9.58. The van der Waals surface area contributed by atoms with Crippen LogP contribution in [0.3, 0.4) is 0 Å². The van der Waals surface area contributed by atoms with Gasteiger partial charge < -0.3 is 10.5 Å². The number of fused-ring (bicyclic) bond motifs is 1. The van der Waals surface area contributed by atoms with E-state index in [-0.39, 0.29) is 15.9 Å². The normalized spacial score (nSPS) is 12.4. The summed E-state index contributed by atoms with van der Waals surface area (Å²) < 4.78 is 40.3. The summed E-state index contributed by atoms with van der Waals surface area (Å²) in [6.07, 6.45) is -0.756. The molecule has 1 atom stereocenters. The Morgan fingerprint density at radius 3 is 2.50 bits per heavy atom. The van der Waals surface area contributed by atoms with E-state index in [0.29, 0.717) is 28.8 Å². The fourth-order valence-electron chi connectivity index (χ4n) is 4.07. The summed E-state index contributed by atoms with van der Waals surface area (Å²) in [7, 11) is 0. The highest BCUT2D eigenvalue weighted by Crippen LogP contribution is 2.29. The van der Waals surface area contributed by atoms with E-state index in [1.165, 1.54) is 6.07 Å². The topological polar surface area (TPSA) is 99.1 Å². The monoisotopic (exact) mass is 518 g/mol. The zero-order chi connectivity index (χ0) is 27.0. The molecule has 1 aromatic carbocycles. The Morgan fingerprint density at radius 1 is 1.08 bits per heavy atom. The van der Waals surface area contributed by atoms with Gasteiger partial charge >= 0.3 is 6.18 Å². The van der Waals surface area contributed by atoms with Gasteiger partial charge in [0.25, 0.3) is 11.6 Å². The average molecular weight is 518 g/mol. The van der Waals surface area contributed by atoms with Crippen LogP contribution in [0.4, 0.5) is 13.2 Å². The SMILES string of the molecule is Cc1ccc(-c2cc(C(=O)N[C@H](C)c3ccc(C(F)(F)F)[n+]([O-])c3)cn3c(-c4ccccn4)nnc23)cc1. The standard InChI is InChI=1S/C27H21F3N6O2/c1-16-6-8-18(9-7-16)21-13-20(14-35-24(21)33-34-25(35)22-5-3-4-12-31-22)26(37)32-17(2)19-10-11-23(27(28,29)30)36(38)15-19/h3-15,17H,1-2H3,(H,32,37)/t17-/m1/s1. The molecule has 4 heterocycles. The molecule has 1 N–H and O–H groups in total. The number of aromatic nitrogens is 5. The van der Waals surface area contributed by atoms with Crippen LogP contribution in [0.25, 0.3) is 28.3 Å². The first-order chi connectivity index (χ1) is 18.1. The first-order valence-corrected chi connectivity index (χ1v) is 11.6. The van der Waals surface area contributed by atoms with Gasteiger partial charge in [-0.25, -0.2) is 0 Å². The second-order valence-electron chi connectivity index (χ2n) is 8.81. The van der Waals surface area contributed by atoms with Gasteiger partial charge in [-0.05, 0) is 43.7 Å². The molecule has 0 spiro atoms. The molecule has 8 nitrogen and oxygen atoms in total. The van der Waals surface area contributed by atoms with Crippen molar-refractivity contribution in [3.8, 4) is 22.6 Å². The maximum absolute atomic E-state index is 13.3. The van der Waals surface area contributed by atoms with Gasteiger partial charge in [-0.3, -0.25) is 14.2 Å². The molecule has 0 saturated heterocycles. The molecular weight excluding hydrogens is 497 g/mol. The largest absolute Gasteiger partial charge is 0.618 e. The molecule has 0 fully saturated rings. The zero-order valence-electron chi connectivity index (χ0n) is 20.3. The number of rotatable bonds is 5. The Balaban J connectivity index is 1.54. The van der Waals surface area contributed by atoms with Crippen LogP contribution >= 0.6 is 0 Å². The third-order valence-corrected chi connectivity index (χ3v) is 6.10. The number of benzene rings is 1. The molecule has 1 amide bonds. The molecule has 0 unspecified atom stereocenters. The predicted molar refractivity (Wildman–Crippen MR) is 133 cm³/mol. The van der Waals surface area contributed by atoms with E-state index >= 15 is 0 Å². The Hall–Kier alpha value is -4.80. The Bertz CT molecular complexity index is 1630. The van der Waals surface area contributed by atoms with E-state index in [4.69, 9.17) is 0 Å². The van der Waals surface area contributed by atoms with Crippen molar-refractivity contribution in [2.75, 3.05) is 0 Å². The molecule has 0 aliphatic carbocycles. The summed E-state index contributed by atoms with van der Waals surface area (Å²) in [5, 5.41) is 23.3. The number of nitrogens with zero attached hydrogens (tertiary/aromatic N) is 5. The Morgan fingerprint density at radius 2 is 1.84 bits per heavy atom. The third kappa shape index (κ3) is 4.77. The van der Waals surface area contributed by atoms with Crippen LogP contribution in [0.2, 0.25) is 0 Å². The Kier molecular flexibility index (Phi) is 6.27. The van der Waals surface area contributed by atoms with Crippen molar-refractivity contribution in [1.29, 1.82) is 0 Å². The minimum absolute atomic E-state index is 0.222. The molecule has 11 heteroatoms. The fourth-order valence-corrected chi connectivity index (χ4v) is 4.07. The van der Waals surface area contributed by atoms with Crippen LogP contribution in [-0.4, -0.2) is 25.5 Å². The first kappa shape index (κ1) is 24.9. The van der Waals surface area contributed by atoms with Gasteiger partial charge in [0.2, 0.25) is 0 Å². The molecule has 0 bridgehead atoms. The van der Waals surface area contributed by atoms with Gasteiger partial charge in [-0.2, -0.15) is 17.9 Å². The molecule has 5 aromatic rings. The van der Waals surface area contributed by atoms with Gasteiger partial charge in [0.05, 0.1) is 11.6 Å². The van der Waals surface area contributed by atoms with Gasteiger partial charge in [0, 0.05) is 29.6 Å². The summed E-state index contributed by atoms with van der Waals surface area (Å²) >= 11 is 0. The summed E-state index contributed by atoms with van der Waals surface area (Å²) in [5.74, 6) is -0.0578. The highest BCUT2D eigenvalue weighted by molar-refractivity contribution is 5.97. The number of alkyl halides is 3. The van der Waals surface area contributed by atoms with Crippen LogP contribution in [0.5, 0.6) is 0 Å². The van der Waals surface area contributed by atoms with Crippen LogP contribution < -0.4 is 10.0 Å². The smallest absolute Gasteiger partial charge is 0.478 e. The first-order valence-electron chi connectivity index (χ1n) is 11.6. The van der Waals surface area contributed by atoms with Crippen molar-refractivity contribution < 1.29 is 22.7 Å². The van der Waals surface area contributed by atoms with E-state index < -0.39 is 23.8 Å². The lowest BCUT2D eigenvalue weighted by Crippen LogP contribution is -2.38. The van der Waals surface area contributed by atoms with Crippen LogP contribution in [0.1, 0.15) is 40.1 Å². The minimum atomic E-state index is -4.78. The minimum Gasteiger partial charge on any atom is -0.618 e. The lowest BCUT2D eigenvalue weighted by Gasteiger charge is -2.16. The number of aryl methyl sites for hydroxylation is 1. The molecule has 192 valence electrons. The van der Waals surface area contributed by atoms with Crippen molar-refractivity contribution in [1.82, 2.24) is 24.9 Å². The van der Waals surface area contributed by atoms with Crippen molar-refractivity contribution >= 4 is 11.6 Å². The maximum Gasteiger partial charge on any atom is 0.478 e. The van der Waals surface area contributed by atoms with Crippen molar-refractivity contribution in [2.24, 2.45) is 0 Å². The maximum atomic E-state index is 13.3. The molecule has 5 rings (SSSR count). The molecule has 4 aromatic heterocycles. The molecule has 0 radical (unpaired) electrons. The summed E-state index contributed by atoms with van der Waals surface area (Å²) in [6, 6.07) is 15.9. The van der Waals surface area contributed by atoms with Gasteiger partial charge in [-0.1, -0.05) is 35.9 Å². The van der Waals surface area contributed by atoms with E-state index in [1.807, 2.05) is 37.3 Å². The predicted octanol–water partition coefficient (Wildman–Crippen LogP) is 4.91. The van der Waals surface area contributed by atoms with E-state index in [0.717, 1.165) is 17.3 Å². The van der Waals surface area contributed by atoms with E-state index in [9.17, 15) is 23.2 Å². The molecule has 0 aliphatic rings. The number of pyridine rings is 3. The third-order valence-electron chi connectivity index (χ3n) is 6.10. The average Bonchev–Trinajstić information content (AvgIpc) is 3.32. The number of nitrogens with one attached hydrogen (secondary N) is 1. The molecule has 38 heavy (non-hydrogen) atoms. The lowest BCUT2D eigenvalue weighted by molar-refractivity contribution is -0.629. The lowest BCUT2D eigenvalue weighted by atomic mass is 10.0. The summed E-state index contributed by atoms with van der Waals surface area (Å²) in [5.41, 5.74) is 2.78. The molecule has 0 saturated carbocycles. The summed E-state index contributed by atoms with van der Waals surface area (Å²) in [4.78, 5) is 17.7. The van der Waals surface area contributed by atoms with Crippen molar-refractivity contribution in [3.05, 3.63) is 107 Å². The second-order valence-corrected chi connectivity index (χ2v) is 8.81. The zero-order valence-corrected chi connectivity index (χ0v) is 20.3.